The van der Waals surface area contributed by atoms with Gasteiger partial charge in [0, 0.05) is 23.7 Å². The smallest absolute Gasteiger partial charge is 0.197 e. The maximum Gasteiger partial charge on any atom is 0.197 e. The molecule has 0 radical (unpaired) electrons. The lowest BCUT2D eigenvalue weighted by atomic mass is 10.1. The Morgan fingerprint density at radius 3 is 2.28 bits per heavy atom. The van der Waals surface area contributed by atoms with Crippen molar-refractivity contribution < 1.29 is 13.9 Å². The SMILES string of the molecule is COc1cc(OC)c2c(=O)cc(-c3ccccc3)oc2c1NC(C)C. The zero-order valence-electron chi connectivity index (χ0n) is 14.8. The summed E-state index contributed by atoms with van der Waals surface area (Å²) in [5.41, 5.74) is 1.74. The molecule has 0 bridgehead atoms. The van der Waals surface area contributed by atoms with Crippen LogP contribution in [0.4, 0.5) is 5.69 Å². The van der Waals surface area contributed by atoms with E-state index >= 15 is 0 Å². The Morgan fingerprint density at radius 1 is 1.00 bits per heavy atom. The number of hydrogen-bond donors (Lipinski definition) is 1. The monoisotopic (exact) mass is 339 g/mol. The van der Waals surface area contributed by atoms with Gasteiger partial charge < -0.3 is 19.2 Å². The maximum atomic E-state index is 12.8. The topological polar surface area (TPSA) is 60.7 Å². The summed E-state index contributed by atoms with van der Waals surface area (Å²) < 4.78 is 17.0. The summed E-state index contributed by atoms with van der Waals surface area (Å²) in [6, 6.07) is 12.8. The minimum atomic E-state index is -0.161. The van der Waals surface area contributed by atoms with E-state index in [0.29, 0.717) is 33.9 Å². The first-order valence-electron chi connectivity index (χ1n) is 8.10. The molecule has 0 atom stereocenters. The van der Waals surface area contributed by atoms with Crippen LogP contribution in [0.1, 0.15) is 13.8 Å². The molecular formula is C20H21NO4. The van der Waals surface area contributed by atoms with Crippen molar-refractivity contribution >= 4 is 16.7 Å². The predicted molar refractivity (Wildman–Crippen MR) is 99.8 cm³/mol. The van der Waals surface area contributed by atoms with Gasteiger partial charge in [0.2, 0.25) is 0 Å². The largest absolute Gasteiger partial charge is 0.496 e. The van der Waals surface area contributed by atoms with Crippen molar-refractivity contribution in [2.45, 2.75) is 19.9 Å². The fourth-order valence-electron chi connectivity index (χ4n) is 2.77. The highest BCUT2D eigenvalue weighted by atomic mass is 16.5. The van der Waals surface area contributed by atoms with E-state index in [0.717, 1.165) is 5.56 Å². The van der Waals surface area contributed by atoms with Crippen LogP contribution in [0.15, 0.2) is 51.7 Å². The summed E-state index contributed by atoms with van der Waals surface area (Å²) in [5.74, 6) is 1.49. The average Bonchev–Trinajstić information content (AvgIpc) is 2.62. The molecule has 3 aromatic rings. The van der Waals surface area contributed by atoms with E-state index in [-0.39, 0.29) is 11.5 Å². The molecule has 0 spiro atoms. The highest BCUT2D eigenvalue weighted by Crippen LogP contribution is 2.40. The maximum absolute atomic E-state index is 12.8. The molecule has 2 aromatic carbocycles. The highest BCUT2D eigenvalue weighted by Gasteiger charge is 2.20. The molecule has 0 aliphatic rings. The van der Waals surface area contributed by atoms with E-state index in [9.17, 15) is 4.79 Å². The van der Waals surface area contributed by atoms with Crippen LogP contribution in [-0.2, 0) is 0 Å². The molecule has 0 amide bonds. The molecule has 5 nitrogen and oxygen atoms in total. The molecule has 5 heteroatoms. The average molecular weight is 339 g/mol. The Bertz CT molecular complexity index is 945. The Labute approximate surface area is 146 Å². The van der Waals surface area contributed by atoms with Crippen LogP contribution in [0.2, 0.25) is 0 Å². The third-order valence-electron chi connectivity index (χ3n) is 3.86. The van der Waals surface area contributed by atoms with Gasteiger partial charge in [-0.3, -0.25) is 4.79 Å². The molecule has 25 heavy (non-hydrogen) atoms. The first-order chi connectivity index (χ1) is 12.0. The van der Waals surface area contributed by atoms with Crippen LogP contribution in [0.25, 0.3) is 22.3 Å². The second-order valence-electron chi connectivity index (χ2n) is 6.00. The van der Waals surface area contributed by atoms with Gasteiger partial charge in [0.05, 0.1) is 14.2 Å². The second-order valence-corrected chi connectivity index (χ2v) is 6.00. The number of nitrogens with one attached hydrogen (secondary N) is 1. The van der Waals surface area contributed by atoms with Gasteiger partial charge in [-0.1, -0.05) is 30.3 Å². The second kappa shape index (κ2) is 6.89. The van der Waals surface area contributed by atoms with Gasteiger partial charge in [0.15, 0.2) is 11.0 Å². The molecule has 0 saturated carbocycles. The number of anilines is 1. The third kappa shape index (κ3) is 3.18. The molecule has 1 heterocycles. The number of hydrogen-bond acceptors (Lipinski definition) is 5. The molecule has 1 aromatic heterocycles. The van der Waals surface area contributed by atoms with Gasteiger partial charge >= 0.3 is 0 Å². The zero-order valence-corrected chi connectivity index (χ0v) is 14.8. The number of ether oxygens (including phenoxy) is 2. The molecule has 1 N–H and O–H groups in total. The molecule has 0 aliphatic carbocycles. The first kappa shape index (κ1) is 16.9. The van der Waals surface area contributed by atoms with Gasteiger partial charge in [-0.05, 0) is 13.8 Å². The molecule has 0 aliphatic heterocycles. The summed E-state index contributed by atoms with van der Waals surface area (Å²) in [6.07, 6.45) is 0. The molecular weight excluding hydrogens is 318 g/mol. The van der Waals surface area contributed by atoms with Gasteiger partial charge in [-0.25, -0.2) is 0 Å². The van der Waals surface area contributed by atoms with Gasteiger partial charge in [-0.15, -0.1) is 0 Å². The Morgan fingerprint density at radius 2 is 1.68 bits per heavy atom. The third-order valence-corrected chi connectivity index (χ3v) is 3.86. The number of methoxy groups -OCH3 is 2. The minimum absolute atomic E-state index is 0.135. The fraction of sp³-hybridized carbons (Fsp3) is 0.250. The van der Waals surface area contributed by atoms with Crippen molar-refractivity contribution in [3.8, 4) is 22.8 Å². The molecule has 0 unspecified atom stereocenters. The van der Waals surface area contributed by atoms with Crippen LogP contribution >= 0.6 is 0 Å². The van der Waals surface area contributed by atoms with Crippen LogP contribution in [-0.4, -0.2) is 20.3 Å². The Hall–Kier alpha value is -2.95. The van der Waals surface area contributed by atoms with Crippen molar-refractivity contribution in [2.75, 3.05) is 19.5 Å². The van der Waals surface area contributed by atoms with Crippen LogP contribution < -0.4 is 20.2 Å². The first-order valence-corrected chi connectivity index (χ1v) is 8.10. The molecule has 0 fully saturated rings. The molecule has 3 rings (SSSR count). The zero-order chi connectivity index (χ0) is 18.0. The van der Waals surface area contributed by atoms with Gasteiger partial charge in [-0.2, -0.15) is 0 Å². The Balaban J connectivity index is 2.38. The van der Waals surface area contributed by atoms with Crippen molar-refractivity contribution in [1.29, 1.82) is 0 Å². The lowest BCUT2D eigenvalue weighted by molar-refractivity contribution is 0.397. The molecule has 130 valence electrons. The van der Waals surface area contributed by atoms with E-state index in [2.05, 4.69) is 5.32 Å². The number of benzene rings is 2. The molecule has 0 saturated heterocycles. The normalized spacial score (nSPS) is 10.9. The fourth-order valence-corrected chi connectivity index (χ4v) is 2.77. The van der Waals surface area contributed by atoms with E-state index < -0.39 is 0 Å². The quantitative estimate of drug-likeness (QED) is 0.751. The Kier molecular flexibility index (Phi) is 4.65. The standard InChI is InChI=1S/C20H21NO4/c1-12(2)21-19-17(24-4)11-16(23-3)18-14(22)10-15(25-20(18)19)13-8-6-5-7-9-13/h5-12,21H,1-4H3. The van der Waals surface area contributed by atoms with E-state index in [1.165, 1.54) is 13.2 Å². The van der Waals surface area contributed by atoms with Crippen molar-refractivity contribution in [3.05, 3.63) is 52.7 Å². The van der Waals surface area contributed by atoms with E-state index in [1.54, 1.807) is 13.2 Å². The predicted octanol–water partition coefficient (Wildman–Crippen LogP) is 4.30. The number of fused-ring (bicyclic) bond motifs is 1. The van der Waals surface area contributed by atoms with Crippen molar-refractivity contribution in [2.24, 2.45) is 0 Å². The van der Waals surface area contributed by atoms with E-state index in [4.69, 9.17) is 13.9 Å². The van der Waals surface area contributed by atoms with E-state index in [1.807, 2.05) is 44.2 Å². The highest BCUT2D eigenvalue weighted by molar-refractivity contribution is 5.97. The lowest BCUT2D eigenvalue weighted by Crippen LogP contribution is -2.13. The van der Waals surface area contributed by atoms with Gasteiger partial charge in [0.25, 0.3) is 0 Å². The van der Waals surface area contributed by atoms with Crippen LogP contribution in [0, 0.1) is 0 Å². The minimum Gasteiger partial charge on any atom is -0.496 e. The summed E-state index contributed by atoms with van der Waals surface area (Å²) in [7, 11) is 3.10. The summed E-state index contributed by atoms with van der Waals surface area (Å²) in [6.45, 7) is 4.02. The van der Waals surface area contributed by atoms with Crippen molar-refractivity contribution in [3.63, 3.8) is 0 Å². The van der Waals surface area contributed by atoms with Crippen LogP contribution in [0.3, 0.4) is 0 Å². The summed E-state index contributed by atoms with van der Waals surface area (Å²) >= 11 is 0. The number of rotatable bonds is 5. The summed E-state index contributed by atoms with van der Waals surface area (Å²) in [5, 5.41) is 3.71. The van der Waals surface area contributed by atoms with Crippen LogP contribution in [0.5, 0.6) is 11.5 Å². The van der Waals surface area contributed by atoms with Gasteiger partial charge in [0.1, 0.15) is 28.3 Å². The summed E-state index contributed by atoms with van der Waals surface area (Å²) in [4.78, 5) is 12.8. The lowest BCUT2D eigenvalue weighted by Gasteiger charge is -2.18. The van der Waals surface area contributed by atoms with Crippen molar-refractivity contribution in [1.82, 2.24) is 0 Å².